The van der Waals surface area contributed by atoms with Gasteiger partial charge < -0.3 is 4.90 Å². The Morgan fingerprint density at radius 2 is 1.48 bits per heavy atom. The quantitative estimate of drug-likeness (QED) is 0.717. The van der Waals surface area contributed by atoms with E-state index in [0.717, 1.165) is 16.8 Å². The van der Waals surface area contributed by atoms with E-state index in [-0.39, 0.29) is 17.1 Å². The minimum absolute atomic E-state index is 0.202. The van der Waals surface area contributed by atoms with Gasteiger partial charge in [0.05, 0.1) is 16.2 Å². The molecular formula is C22H24N2O2S. The van der Waals surface area contributed by atoms with Crippen LogP contribution >= 0.6 is 11.8 Å². The minimum Gasteiger partial charge on any atom is -0.378 e. The lowest BCUT2D eigenvalue weighted by Crippen LogP contribution is -2.31. The first-order valence-electron chi connectivity index (χ1n) is 8.93. The van der Waals surface area contributed by atoms with E-state index >= 15 is 0 Å². The second-order valence-corrected chi connectivity index (χ2v) is 8.68. The monoisotopic (exact) mass is 380 g/mol. The summed E-state index contributed by atoms with van der Waals surface area (Å²) in [4.78, 5) is 30.2. The van der Waals surface area contributed by atoms with Crippen LogP contribution in [0.4, 0.5) is 11.4 Å². The summed E-state index contributed by atoms with van der Waals surface area (Å²) in [6.07, 6.45) is 0. The van der Waals surface area contributed by atoms with Gasteiger partial charge in [0.2, 0.25) is 0 Å². The zero-order chi connectivity index (χ0) is 19.7. The highest BCUT2D eigenvalue weighted by atomic mass is 32.2. The van der Waals surface area contributed by atoms with Gasteiger partial charge in [0, 0.05) is 25.0 Å². The highest BCUT2D eigenvalue weighted by Gasteiger charge is 2.40. The Labute approximate surface area is 164 Å². The molecule has 0 aromatic heterocycles. The van der Waals surface area contributed by atoms with Crippen LogP contribution in [0.15, 0.2) is 53.4 Å². The summed E-state index contributed by atoms with van der Waals surface area (Å²) in [5.41, 5.74) is 4.01. The van der Waals surface area contributed by atoms with Crippen LogP contribution in [0.25, 0.3) is 5.57 Å². The summed E-state index contributed by atoms with van der Waals surface area (Å²) in [7, 11) is 3.91. The molecule has 4 nitrogen and oxygen atoms in total. The summed E-state index contributed by atoms with van der Waals surface area (Å²) >= 11 is 1.45. The molecule has 5 heteroatoms. The van der Waals surface area contributed by atoms with Gasteiger partial charge in [-0.3, -0.25) is 9.59 Å². The lowest BCUT2D eigenvalue weighted by molar-refractivity contribution is -0.119. The molecule has 0 saturated carbocycles. The van der Waals surface area contributed by atoms with Gasteiger partial charge >= 0.3 is 0 Å². The van der Waals surface area contributed by atoms with E-state index in [9.17, 15) is 9.59 Å². The summed E-state index contributed by atoms with van der Waals surface area (Å²) in [6, 6.07) is 15.2. The van der Waals surface area contributed by atoms with Gasteiger partial charge in [0.1, 0.15) is 0 Å². The molecule has 3 rings (SSSR count). The van der Waals surface area contributed by atoms with Crippen LogP contribution in [-0.4, -0.2) is 31.2 Å². The lowest BCUT2D eigenvalue weighted by atomic mass is 10.0. The van der Waals surface area contributed by atoms with Crippen molar-refractivity contribution in [3.63, 3.8) is 0 Å². The van der Waals surface area contributed by atoms with Crippen molar-refractivity contribution in [1.29, 1.82) is 0 Å². The zero-order valence-electron chi connectivity index (χ0n) is 16.3. The van der Waals surface area contributed by atoms with E-state index < -0.39 is 0 Å². The third kappa shape index (κ3) is 3.78. The number of rotatable bonds is 5. The van der Waals surface area contributed by atoms with Gasteiger partial charge in [-0.2, -0.15) is 0 Å². The molecule has 1 heterocycles. The van der Waals surface area contributed by atoms with E-state index in [1.54, 1.807) is 0 Å². The van der Waals surface area contributed by atoms with Crippen LogP contribution in [-0.2, 0) is 9.59 Å². The van der Waals surface area contributed by atoms with E-state index in [1.807, 2.05) is 88.3 Å². The second-order valence-electron chi connectivity index (χ2n) is 7.09. The van der Waals surface area contributed by atoms with Crippen LogP contribution < -0.4 is 9.80 Å². The summed E-state index contributed by atoms with van der Waals surface area (Å²) in [5.74, 6) is -0.503. The topological polar surface area (TPSA) is 40.6 Å². The predicted octanol–water partition coefficient (Wildman–Crippen LogP) is 4.49. The summed E-state index contributed by atoms with van der Waals surface area (Å²) in [6.45, 7) is 6.05. The molecule has 0 saturated heterocycles. The van der Waals surface area contributed by atoms with Gasteiger partial charge in [-0.05, 0) is 36.8 Å². The molecular weight excluding hydrogens is 356 g/mol. The number of anilines is 2. The third-order valence-corrected chi connectivity index (χ3v) is 5.45. The fraction of sp³-hybridized carbons (Fsp3) is 0.273. The molecule has 0 N–H and O–H groups in total. The van der Waals surface area contributed by atoms with Gasteiger partial charge in [-0.25, -0.2) is 4.90 Å². The van der Waals surface area contributed by atoms with Crippen molar-refractivity contribution in [2.24, 2.45) is 0 Å². The number of imide groups is 1. The first kappa shape index (κ1) is 19.2. The first-order chi connectivity index (χ1) is 12.8. The maximum Gasteiger partial charge on any atom is 0.272 e. The standard InChI is InChI=1S/C22H24N2O2S/c1-14(2)27-20-19(16-8-6-15(3)7-9-16)21(25)24(22(20)26)18-12-10-17(11-13-18)23(4)5/h6-14H,1-5H3. The van der Waals surface area contributed by atoms with Crippen LogP contribution in [0.2, 0.25) is 0 Å². The van der Waals surface area contributed by atoms with Crippen molar-refractivity contribution >= 4 is 40.5 Å². The predicted molar refractivity (Wildman–Crippen MR) is 114 cm³/mol. The zero-order valence-corrected chi connectivity index (χ0v) is 17.1. The van der Waals surface area contributed by atoms with Gasteiger partial charge in [-0.1, -0.05) is 43.7 Å². The molecule has 1 aliphatic rings. The third-order valence-electron chi connectivity index (χ3n) is 4.36. The Morgan fingerprint density at radius 3 is 2.00 bits per heavy atom. The fourth-order valence-electron chi connectivity index (χ4n) is 2.96. The van der Waals surface area contributed by atoms with E-state index in [4.69, 9.17) is 0 Å². The molecule has 0 bridgehead atoms. The summed E-state index contributed by atoms with van der Waals surface area (Å²) < 4.78 is 0. The molecule has 0 unspecified atom stereocenters. The van der Waals surface area contributed by atoms with Crippen LogP contribution in [0.5, 0.6) is 0 Å². The molecule has 0 aliphatic carbocycles. The average Bonchev–Trinajstić information content (AvgIpc) is 2.86. The second kappa shape index (κ2) is 7.61. The Morgan fingerprint density at radius 1 is 0.889 bits per heavy atom. The molecule has 27 heavy (non-hydrogen) atoms. The maximum absolute atomic E-state index is 13.2. The molecule has 1 aliphatic heterocycles. The Hall–Kier alpha value is -2.53. The highest BCUT2D eigenvalue weighted by Crippen LogP contribution is 2.40. The van der Waals surface area contributed by atoms with Crippen molar-refractivity contribution in [3.05, 3.63) is 64.6 Å². The minimum atomic E-state index is -0.260. The largest absolute Gasteiger partial charge is 0.378 e. The van der Waals surface area contributed by atoms with E-state index in [1.165, 1.54) is 16.7 Å². The number of amides is 2. The number of hydrogen-bond donors (Lipinski definition) is 0. The SMILES string of the molecule is Cc1ccc(C2=C(SC(C)C)C(=O)N(c3ccc(N(C)C)cc3)C2=O)cc1. The van der Waals surface area contributed by atoms with Crippen molar-refractivity contribution in [2.45, 2.75) is 26.0 Å². The molecule has 0 radical (unpaired) electrons. The molecule has 2 amide bonds. The number of aryl methyl sites for hydroxylation is 1. The molecule has 0 fully saturated rings. The first-order valence-corrected chi connectivity index (χ1v) is 9.81. The highest BCUT2D eigenvalue weighted by molar-refractivity contribution is 8.04. The molecule has 140 valence electrons. The molecule has 2 aromatic carbocycles. The Kier molecular flexibility index (Phi) is 5.42. The van der Waals surface area contributed by atoms with Gasteiger partial charge in [0.15, 0.2) is 0 Å². The number of hydrogen-bond acceptors (Lipinski definition) is 4. The van der Waals surface area contributed by atoms with Crippen molar-refractivity contribution in [2.75, 3.05) is 23.9 Å². The molecule has 2 aromatic rings. The van der Waals surface area contributed by atoms with E-state index in [2.05, 4.69) is 0 Å². The maximum atomic E-state index is 13.2. The van der Waals surface area contributed by atoms with Crippen LogP contribution in [0, 0.1) is 6.92 Å². The Balaban J connectivity index is 2.04. The average molecular weight is 381 g/mol. The van der Waals surface area contributed by atoms with Gasteiger partial charge in [-0.15, -0.1) is 11.8 Å². The number of benzene rings is 2. The van der Waals surface area contributed by atoms with Crippen molar-refractivity contribution in [1.82, 2.24) is 0 Å². The van der Waals surface area contributed by atoms with E-state index in [0.29, 0.717) is 16.2 Å². The summed E-state index contributed by atoms with van der Waals surface area (Å²) in [5, 5.41) is 0.202. The number of nitrogens with zero attached hydrogens (tertiary/aromatic N) is 2. The Bertz CT molecular complexity index is 897. The van der Waals surface area contributed by atoms with Crippen molar-refractivity contribution in [3.8, 4) is 0 Å². The molecule has 0 spiro atoms. The van der Waals surface area contributed by atoms with Crippen molar-refractivity contribution < 1.29 is 9.59 Å². The normalized spacial score (nSPS) is 14.5. The fourth-order valence-corrected chi connectivity index (χ4v) is 3.95. The lowest BCUT2D eigenvalue weighted by Gasteiger charge is -2.18. The number of carbonyl (C=O) groups is 2. The number of carbonyl (C=O) groups excluding carboxylic acids is 2. The van der Waals surface area contributed by atoms with Gasteiger partial charge in [0.25, 0.3) is 11.8 Å². The van der Waals surface area contributed by atoms with Crippen LogP contribution in [0.1, 0.15) is 25.0 Å². The number of thioether (sulfide) groups is 1. The van der Waals surface area contributed by atoms with Crippen LogP contribution in [0.3, 0.4) is 0 Å². The molecule has 0 atom stereocenters. The smallest absolute Gasteiger partial charge is 0.272 e.